The number of rotatable bonds is 0. The Morgan fingerprint density at radius 1 is 0.286 bits per heavy atom. The van der Waals surface area contributed by atoms with Crippen LogP contribution >= 0.6 is 0 Å². The van der Waals surface area contributed by atoms with E-state index >= 15 is 0 Å². The van der Waals surface area contributed by atoms with Crippen molar-refractivity contribution in [3.05, 3.63) is 0 Å². The second kappa shape index (κ2) is 2240. The van der Waals surface area contributed by atoms with Crippen molar-refractivity contribution in [2.45, 2.75) is 0 Å². The van der Waals surface area contributed by atoms with Gasteiger partial charge in [0.15, 0.2) is 0 Å². The molecular weight excluding hydrogens is 160 g/mol. The van der Waals surface area contributed by atoms with Crippen LogP contribution in [0.4, 0.5) is 0 Å². The smallest absolute Gasteiger partial charge is 0 e. The van der Waals surface area contributed by atoms with Crippen molar-refractivity contribution >= 4 is 0 Å². The van der Waals surface area contributed by atoms with Crippen LogP contribution in [0.25, 0.3) is 0 Å². The Hall–Kier alpha value is 0.279. The molecule has 0 unspecified atom stereocenters. The van der Waals surface area contributed by atoms with E-state index in [4.69, 9.17) is 0 Å². The first kappa shape index (κ1) is 3670. The third-order valence-electron chi connectivity index (χ3n) is 0. The normalized spacial score (nSPS) is 0. The Kier molecular flexibility index (Phi) is 1180000. The van der Waals surface area contributed by atoms with Gasteiger partial charge in [-0.05, 0) is 0 Å². The molecule has 0 aromatic heterocycles. The fraction of sp³-hybridized carbons (Fsp3) is 0. The molecule has 0 fully saturated rings. The molecule has 59 valence electrons. The average molecular weight is 172 g/mol. The average Bonchev–Trinajstić information content (AvgIpc) is 0. The summed E-state index contributed by atoms with van der Waals surface area (Å²) in [5.41, 5.74) is 0. The Balaban J connectivity index is 0. The second-order valence-electron chi connectivity index (χ2n) is 0. The first-order valence-corrected chi connectivity index (χ1v) is 0. The van der Waals surface area contributed by atoms with Crippen LogP contribution in [0.1, 0.15) is 0 Å². The molecule has 6 nitrogen and oxygen atoms in total. The van der Waals surface area contributed by atoms with Gasteiger partial charge in [0, 0.05) is 17.1 Å². The van der Waals surface area contributed by atoms with Gasteiger partial charge in [-0.25, -0.2) is 0 Å². The molecule has 0 atom stereocenters. The third kappa shape index (κ3) is 1470. The maximum atomic E-state index is 0. The molecule has 0 aromatic carbocycles. The fourth-order valence-corrected chi connectivity index (χ4v) is 0. The fourth-order valence-electron chi connectivity index (χ4n) is 0. The molecule has 0 spiro atoms. The third-order valence-corrected chi connectivity index (χ3v) is 0. The van der Waals surface area contributed by atoms with Crippen molar-refractivity contribution in [1.82, 2.24) is 0 Å². The predicted molar refractivity (Wildman–Crippen MR) is 21.7 cm³/mol. The Morgan fingerprint density at radius 3 is 0.286 bits per heavy atom. The van der Waals surface area contributed by atoms with Gasteiger partial charge in [0.25, 0.3) is 0 Å². The summed E-state index contributed by atoms with van der Waals surface area (Å²) in [7, 11) is 0. The molecule has 0 heterocycles. The van der Waals surface area contributed by atoms with E-state index in [1.807, 2.05) is 0 Å². The Labute approximate surface area is 50.8 Å². The van der Waals surface area contributed by atoms with Crippen LogP contribution in [0, 0.1) is 0 Å². The SMILES string of the molecule is O.O.O.O.O.O.[Cu]. The van der Waals surface area contributed by atoms with Crippen molar-refractivity contribution in [1.29, 1.82) is 0 Å². The second-order valence-corrected chi connectivity index (χ2v) is 0. The van der Waals surface area contributed by atoms with E-state index in [0.717, 1.165) is 0 Å². The zero-order chi connectivity index (χ0) is 0. The molecule has 7 heteroatoms. The van der Waals surface area contributed by atoms with Crippen molar-refractivity contribution in [2.75, 3.05) is 0 Å². The summed E-state index contributed by atoms with van der Waals surface area (Å²) in [5, 5.41) is 0. The summed E-state index contributed by atoms with van der Waals surface area (Å²) in [5.74, 6) is 0. The molecule has 0 amide bonds. The van der Waals surface area contributed by atoms with Crippen LogP contribution < -0.4 is 0 Å². The number of hydrogen-bond acceptors (Lipinski definition) is 0. The summed E-state index contributed by atoms with van der Waals surface area (Å²) in [6.45, 7) is 0. The van der Waals surface area contributed by atoms with Gasteiger partial charge in [-0.3, -0.25) is 0 Å². The van der Waals surface area contributed by atoms with E-state index in [1.54, 1.807) is 0 Å². The molecule has 12 N–H and O–H groups in total. The van der Waals surface area contributed by atoms with Crippen molar-refractivity contribution in [3.8, 4) is 0 Å². The quantitative estimate of drug-likeness (QED) is 0.316. The van der Waals surface area contributed by atoms with Gasteiger partial charge >= 0.3 is 0 Å². The number of hydrogen-bond donors (Lipinski definition) is 0. The van der Waals surface area contributed by atoms with Crippen LogP contribution in [0.15, 0.2) is 0 Å². The summed E-state index contributed by atoms with van der Waals surface area (Å²) >= 11 is 0. The van der Waals surface area contributed by atoms with Crippen LogP contribution in [-0.2, 0) is 17.1 Å². The molecule has 0 rings (SSSR count). The molecule has 0 aliphatic carbocycles. The standard InChI is InChI=1S/Cu.6H2O/h;6*1H2. The van der Waals surface area contributed by atoms with E-state index in [2.05, 4.69) is 0 Å². The van der Waals surface area contributed by atoms with E-state index < -0.39 is 0 Å². The van der Waals surface area contributed by atoms with Crippen LogP contribution in [0.2, 0.25) is 0 Å². The van der Waals surface area contributed by atoms with E-state index in [9.17, 15) is 0 Å². The van der Waals surface area contributed by atoms with Gasteiger partial charge in [-0.15, -0.1) is 0 Å². The van der Waals surface area contributed by atoms with E-state index in [0.29, 0.717) is 0 Å². The zero-order valence-electron chi connectivity index (χ0n) is 3.30. The van der Waals surface area contributed by atoms with Crippen LogP contribution in [0.5, 0.6) is 0 Å². The van der Waals surface area contributed by atoms with Crippen molar-refractivity contribution < 1.29 is 49.9 Å². The topological polar surface area (TPSA) is 189 Å². The summed E-state index contributed by atoms with van der Waals surface area (Å²) in [6, 6.07) is 0. The van der Waals surface area contributed by atoms with Crippen LogP contribution in [0.3, 0.4) is 0 Å². The largest absolute Gasteiger partial charge is 0.412 e. The van der Waals surface area contributed by atoms with Gasteiger partial charge in [0.05, 0.1) is 0 Å². The first-order valence-electron chi connectivity index (χ1n) is 0. The maximum Gasteiger partial charge on any atom is 0 e. The molecule has 1 radical (unpaired) electrons. The summed E-state index contributed by atoms with van der Waals surface area (Å²) < 4.78 is 0. The Morgan fingerprint density at radius 2 is 0.286 bits per heavy atom. The molecule has 0 aliphatic heterocycles. The Bertz CT molecular complexity index is 4.14. The van der Waals surface area contributed by atoms with Gasteiger partial charge < -0.3 is 32.9 Å². The van der Waals surface area contributed by atoms with Gasteiger partial charge in [0.2, 0.25) is 0 Å². The van der Waals surface area contributed by atoms with E-state index in [-0.39, 0.29) is 49.9 Å². The minimum absolute atomic E-state index is 0. The molecule has 0 saturated carbocycles. The molecule has 0 aliphatic rings. The van der Waals surface area contributed by atoms with Crippen LogP contribution in [-0.4, -0.2) is 32.9 Å². The summed E-state index contributed by atoms with van der Waals surface area (Å²) in [4.78, 5) is 0. The van der Waals surface area contributed by atoms with Crippen molar-refractivity contribution in [3.63, 3.8) is 0 Å². The van der Waals surface area contributed by atoms with Crippen molar-refractivity contribution in [2.24, 2.45) is 0 Å². The zero-order valence-corrected chi connectivity index (χ0v) is 4.24. The minimum Gasteiger partial charge on any atom is -0.412 e. The van der Waals surface area contributed by atoms with Gasteiger partial charge in [-0.2, -0.15) is 0 Å². The molecule has 0 aromatic rings. The first-order chi connectivity index (χ1) is 0. The monoisotopic (exact) mass is 171 g/mol. The molecule has 0 saturated heterocycles. The van der Waals surface area contributed by atoms with Gasteiger partial charge in [-0.1, -0.05) is 0 Å². The minimum atomic E-state index is 0. The molecular formula is H12CuO6. The summed E-state index contributed by atoms with van der Waals surface area (Å²) in [6.07, 6.45) is 0. The van der Waals surface area contributed by atoms with Gasteiger partial charge in [0.1, 0.15) is 0 Å². The molecule has 7 heavy (non-hydrogen) atoms. The predicted octanol–water partition coefficient (Wildman–Crippen LogP) is -4.95. The molecule has 0 bridgehead atoms. The van der Waals surface area contributed by atoms with E-state index in [1.165, 1.54) is 0 Å². The maximum absolute atomic E-state index is 0.